The maximum absolute atomic E-state index is 12.2. The van der Waals surface area contributed by atoms with E-state index >= 15 is 0 Å². The molecule has 0 heterocycles. The highest BCUT2D eigenvalue weighted by molar-refractivity contribution is 7.99. The molecule has 6 heteroatoms. The minimum absolute atomic E-state index is 0.222. The van der Waals surface area contributed by atoms with Crippen LogP contribution in [0.2, 0.25) is 0 Å². The third-order valence-electron chi connectivity index (χ3n) is 4.20. The molecule has 0 atom stereocenters. The van der Waals surface area contributed by atoms with Crippen LogP contribution in [0.5, 0.6) is 0 Å². The molecular weight excluding hydrogens is 358 g/mol. The van der Waals surface area contributed by atoms with Gasteiger partial charge in [0, 0.05) is 30.1 Å². The van der Waals surface area contributed by atoms with Crippen molar-refractivity contribution in [1.82, 2.24) is 10.9 Å². The number of hydrazine groups is 1. The van der Waals surface area contributed by atoms with Crippen molar-refractivity contribution in [3.8, 4) is 0 Å². The van der Waals surface area contributed by atoms with E-state index in [2.05, 4.69) is 53.9 Å². The molecule has 0 aliphatic heterocycles. The third kappa shape index (κ3) is 6.64. The van der Waals surface area contributed by atoms with Crippen LogP contribution < -0.4 is 15.8 Å². The first kappa shape index (κ1) is 20.8. The van der Waals surface area contributed by atoms with Gasteiger partial charge < -0.3 is 4.90 Å². The number of carbonyl (C=O) groups is 2. The SMILES string of the molecule is CCN(CC)c1ccc(C(=O)NNC(=O)CSCc2ccc(C)cc2)cc1. The minimum Gasteiger partial charge on any atom is -0.372 e. The lowest BCUT2D eigenvalue weighted by Crippen LogP contribution is -2.42. The molecule has 2 rings (SSSR count). The Labute approximate surface area is 165 Å². The number of anilines is 1. The normalized spacial score (nSPS) is 10.3. The van der Waals surface area contributed by atoms with Gasteiger partial charge in [0.1, 0.15) is 0 Å². The maximum Gasteiger partial charge on any atom is 0.269 e. The second-order valence-corrected chi connectivity index (χ2v) is 7.19. The van der Waals surface area contributed by atoms with Gasteiger partial charge in [-0.05, 0) is 50.6 Å². The number of benzene rings is 2. The van der Waals surface area contributed by atoms with Crippen LogP contribution in [0.1, 0.15) is 35.3 Å². The van der Waals surface area contributed by atoms with E-state index in [0.717, 1.165) is 24.5 Å². The Morgan fingerprint density at radius 2 is 1.56 bits per heavy atom. The lowest BCUT2D eigenvalue weighted by Gasteiger charge is -2.21. The van der Waals surface area contributed by atoms with Crippen LogP contribution in [-0.4, -0.2) is 30.7 Å². The third-order valence-corrected chi connectivity index (χ3v) is 5.20. The van der Waals surface area contributed by atoms with Gasteiger partial charge in [-0.2, -0.15) is 0 Å². The molecule has 27 heavy (non-hydrogen) atoms. The number of carbonyl (C=O) groups excluding carboxylic acids is 2. The first-order chi connectivity index (χ1) is 13.0. The van der Waals surface area contributed by atoms with Crippen molar-refractivity contribution in [2.75, 3.05) is 23.7 Å². The zero-order valence-corrected chi connectivity index (χ0v) is 16.9. The summed E-state index contributed by atoms with van der Waals surface area (Å²) >= 11 is 1.51. The lowest BCUT2D eigenvalue weighted by atomic mass is 10.2. The van der Waals surface area contributed by atoms with Crippen molar-refractivity contribution >= 4 is 29.3 Å². The molecule has 0 spiro atoms. The molecule has 144 valence electrons. The van der Waals surface area contributed by atoms with E-state index < -0.39 is 0 Å². The molecule has 5 nitrogen and oxygen atoms in total. The molecule has 0 fully saturated rings. The summed E-state index contributed by atoms with van der Waals surface area (Å²) in [5, 5.41) is 0. The van der Waals surface area contributed by atoms with Crippen LogP contribution in [0.25, 0.3) is 0 Å². The number of thioether (sulfide) groups is 1. The van der Waals surface area contributed by atoms with Crippen molar-refractivity contribution in [3.63, 3.8) is 0 Å². The van der Waals surface area contributed by atoms with Crippen LogP contribution in [0, 0.1) is 6.92 Å². The number of aryl methyl sites for hydroxylation is 1. The van der Waals surface area contributed by atoms with Gasteiger partial charge >= 0.3 is 0 Å². The number of hydrogen-bond donors (Lipinski definition) is 2. The smallest absolute Gasteiger partial charge is 0.269 e. The van der Waals surface area contributed by atoms with Gasteiger partial charge in [-0.1, -0.05) is 29.8 Å². The van der Waals surface area contributed by atoms with Gasteiger partial charge in [0.25, 0.3) is 5.91 Å². The minimum atomic E-state index is -0.321. The number of amides is 2. The van der Waals surface area contributed by atoms with Crippen LogP contribution in [0.4, 0.5) is 5.69 Å². The van der Waals surface area contributed by atoms with Crippen LogP contribution in [0.15, 0.2) is 48.5 Å². The fourth-order valence-corrected chi connectivity index (χ4v) is 3.38. The first-order valence-corrected chi connectivity index (χ1v) is 10.3. The predicted octanol–water partition coefficient (Wildman–Crippen LogP) is 3.54. The standard InChI is InChI=1S/C21H27N3O2S/c1-4-24(5-2)19-12-10-18(11-13-19)21(26)23-22-20(25)15-27-14-17-8-6-16(3)7-9-17/h6-13H,4-5,14-15H2,1-3H3,(H,22,25)(H,23,26). The van der Waals surface area contributed by atoms with E-state index in [0.29, 0.717) is 5.56 Å². The molecule has 0 saturated carbocycles. The fourth-order valence-electron chi connectivity index (χ4n) is 2.59. The molecule has 0 aromatic heterocycles. The molecule has 2 N–H and O–H groups in total. The van der Waals surface area contributed by atoms with E-state index in [1.165, 1.54) is 22.9 Å². The average molecular weight is 386 g/mol. The van der Waals surface area contributed by atoms with E-state index in [1.54, 1.807) is 12.1 Å². The molecule has 0 unspecified atom stereocenters. The van der Waals surface area contributed by atoms with Gasteiger partial charge in [-0.3, -0.25) is 20.4 Å². The summed E-state index contributed by atoms with van der Waals surface area (Å²) in [5.74, 6) is 0.502. The molecular formula is C21H27N3O2S. The van der Waals surface area contributed by atoms with Crippen molar-refractivity contribution < 1.29 is 9.59 Å². The van der Waals surface area contributed by atoms with E-state index in [-0.39, 0.29) is 17.6 Å². The summed E-state index contributed by atoms with van der Waals surface area (Å²) in [6.45, 7) is 8.06. The topological polar surface area (TPSA) is 61.4 Å². The summed E-state index contributed by atoms with van der Waals surface area (Å²) in [4.78, 5) is 26.2. The predicted molar refractivity (Wildman–Crippen MR) is 113 cm³/mol. The largest absolute Gasteiger partial charge is 0.372 e. The number of rotatable bonds is 8. The monoisotopic (exact) mass is 385 g/mol. The van der Waals surface area contributed by atoms with E-state index in [1.807, 2.05) is 19.1 Å². The van der Waals surface area contributed by atoms with Gasteiger partial charge in [-0.15, -0.1) is 11.8 Å². The van der Waals surface area contributed by atoms with Crippen LogP contribution >= 0.6 is 11.8 Å². The molecule has 2 aromatic carbocycles. The maximum atomic E-state index is 12.2. The number of hydrogen-bond acceptors (Lipinski definition) is 4. The van der Waals surface area contributed by atoms with Gasteiger partial charge in [0.15, 0.2) is 0 Å². The summed E-state index contributed by atoms with van der Waals surface area (Å²) in [6.07, 6.45) is 0. The number of nitrogens with one attached hydrogen (secondary N) is 2. The van der Waals surface area contributed by atoms with Gasteiger partial charge in [-0.25, -0.2) is 0 Å². The summed E-state index contributed by atoms with van der Waals surface area (Å²) in [5.41, 5.74) is 8.92. The first-order valence-electron chi connectivity index (χ1n) is 9.11. The van der Waals surface area contributed by atoms with Crippen molar-refractivity contribution in [2.45, 2.75) is 26.5 Å². The van der Waals surface area contributed by atoms with Crippen LogP contribution in [0.3, 0.4) is 0 Å². The molecule has 0 saturated heterocycles. The summed E-state index contributed by atoms with van der Waals surface area (Å²) in [6, 6.07) is 15.6. The molecule has 0 bridgehead atoms. The van der Waals surface area contributed by atoms with Crippen molar-refractivity contribution in [1.29, 1.82) is 0 Å². The Morgan fingerprint density at radius 3 is 2.15 bits per heavy atom. The van der Waals surface area contributed by atoms with Gasteiger partial charge in [0.2, 0.25) is 5.91 Å². The van der Waals surface area contributed by atoms with Crippen molar-refractivity contribution in [2.24, 2.45) is 0 Å². The highest BCUT2D eigenvalue weighted by Gasteiger charge is 2.09. The highest BCUT2D eigenvalue weighted by atomic mass is 32.2. The summed E-state index contributed by atoms with van der Waals surface area (Å²) < 4.78 is 0. The Balaban J connectivity index is 1.74. The van der Waals surface area contributed by atoms with E-state index in [4.69, 9.17) is 0 Å². The molecule has 2 aromatic rings. The van der Waals surface area contributed by atoms with E-state index in [9.17, 15) is 9.59 Å². The Bertz CT molecular complexity index is 741. The lowest BCUT2D eigenvalue weighted by molar-refractivity contribution is -0.119. The fraction of sp³-hybridized carbons (Fsp3) is 0.333. The quantitative estimate of drug-likeness (QED) is 0.683. The molecule has 0 aliphatic carbocycles. The Kier molecular flexibility index (Phi) is 8.20. The van der Waals surface area contributed by atoms with Crippen LogP contribution in [-0.2, 0) is 10.5 Å². The van der Waals surface area contributed by atoms with Gasteiger partial charge in [0.05, 0.1) is 5.75 Å². The molecule has 0 radical (unpaired) electrons. The Morgan fingerprint density at radius 1 is 0.926 bits per heavy atom. The second kappa shape index (κ2) is 10.6. The number of nitrogens with zero attached hydrogens (tertiary/aromatic N) is 1. The molecule has 2 amide bonds. The summed E-state index contributed by atoms with van der Waals surface area (Å²) in [7, 11) is 0. The zero-order valence-electron chi connectivity index (χ0n) is 16.1. The zero-order chi connectivity index (χ0) is 19.6. The Hall–Kier alpha value is -2.47. The highest BCUT2D eigenvalue weighted by Crippen LogP contribution is 2.15. The van der Waals surface area contributed by atoms with Crippen molar-refractivity contribution in [3.05, 3.63) is 65.2 Å². The average Bonchev–Trinajstić information content (AvgIpc) is 2.69. The second-order valence-electron chi connectivity index (χ2n) is 6.20. The molecule has 0 aliphatic rings.